The highest BCUT2D eigenvalue weighted by Gasteiger charge is 2.15. The van der Waals surface area contributed by atoms with E-state index in [0.29, 0.717) is 16.7 Å². The van der Waals surface area contributed by atoms with Crippen LogP contribution in [0.1, 0.15) is 0 Å². The molecule has 1 aromatic carbocycles. The highest BCUT2D eigenvalue weighted by molar-refractivity contribution is 6.37. The number of esters is 1. The Morgan fingerprint density at radius 3 is 2.72 bits per heavy atom. The second-order valence-corrected chi connectivity index (χ2v) is 3.42. The lowest BCUT2D eigenvalue weighted by Gasteiger charge is -2.06. The first-order valence-corrected chi connectivity index (χ1v) is 5.04. The summed E-state index contributed by atoms with van der Waals surface area (Å²) in [4.78, 5) is 33.4. The number of carbonyl (C=O) groups excluding carboxylic acids is 2. The third-order valence-corrected chi connectivity index (χ3v) is 2.28. The van der Waals surface area contributed by atoms with Crippen molar-refractivity contribution in [1.29, 1.82) is 0 Å². The van der Waals surface area contributed by atoms with Crippen LogP contribution in [0.5, 0.6) is 0 Å². The summed E-state index contributed by atoms with van der Waals surface area (Å²) in [5, 5.41) is 2.90. The minimum absolute atomic E-state index is 0.324. The molecule has 2 rings (SSSR count). The number of benzene rings is 1. The number of carbonyl (C=O) groups is 2. The van der Waals surface area contributed by atoms with E-state index >= 15 is 0 Å². The maximum absolute atomic E-state index is 11.4. The average molecular weight is 247 g/mol. The van der Waals surface area contributed by atoms with E-state index in [4.69, 9.17) is 4.42 Å². The molecule has 0 radical (unpaired) electrons. The van der Waals surface area contributed by atoms with Gasteiger partial charge in [0.2, 0.25) is 0 Å². The van der Waals surface area contributed by atoms with Crippen molar-refractivity contribution in [2.45, 2.75) is 0 Å². The lowest BCUT2D eigenvalue weighted by atomic mass is 10.2. The van der Waals surface area contributed by atoms with Crippen molar-refractivity contribution in [2.75, 3.05) is 12.4 Å². The molecule has 0 spiro atoms. The van der Waals surface area contributed by atoms with E-state index in [-0.39, 0.29) is 0 Å². The van der Waals surface area contributed by atoms with Gasteiger partial charge in [-0.1, -0.05) is 6.07 Å². The monoisotopic (exact) mass is 247 g/mol. The Balaban J connectivity index is 2.43. The molecule has 0 atom stereocenters. The van der Waals surface area contributed by atoms with Gasteiger partial charge < -0.3 is 14.5 Å². The summed E-state index contributed by atoms with van der Waals surface area (Å²) in [5.74, 6) is -1.89. The molecule has 1 amide bonds. The van der Waals surface area contributed by atoms with E-state index in [2.05, 4.69) is 10.1 Å². The first-order chi connectivity index (χ1) is 8.61. The zero-order chi connectivity index (χ0) is 13.1. The molecule has 0 saturated carbocycles. The van der Waals surface area contributed by atoms with Crippen LogP contribution in [0.2, 0.25) is 0 Å². The molecule has 0 aliphatic carbocycles. The molecule has 2 aromatic rings. The molecule has 1 heterocycles. The van der Waals surface area contributed by atoms with Crippen molar-refractivity contribution in [3.8, 4) is 0 Å². The minimum atomic E-state index is -0.996. The Hall–Kier alpha value is -2.63. The van der Waals surface area contributed by atoms with Crippen molar-refractivity contribution < 1.29 is 18.7 Å². The zero-order valence-corrected chi connectivity index (χ0v) is 9.43. The molecule has 0 aliphatic rings. The van der Waals surface area contributed by atoms with Gasteiger partial charge in [0.1, 0.15) is 5.58 Å². The topological polar surface area (TPSA) is 85.6 Å². The van der Waals surface area contributed by atoms with Gasteiger partial charge in [0.05, 0.1) is 12.8 Å². The fourth-order valence-electron chi connectivity index (χ4n) is 1.47. The van der Waals surface area contributed by atoms with Gasteiger partial charge in [-0.2, -0.15) is 0 Å². The lowest BCUT2D eigenvalue weighted by molar-refractivity contribution is -0.150. The van der Waals surface area contributed by atoms with Crippen molar-refractivity contribution in [2.24, 2.45) is 0 Å². The summed E-state index contributed by atoms with van der Waals surface area (Å²) in [7, 11) is 1.12. The summed E-state index contributed by atoms with van der Waals surface area (Å²) in [6.07, 6.45) is 0. The number of anilines is 1. The number of hydrogen-bond donors (Lipinski definition) is 1. The number of ether oxygens (including phenoxy) is 1. The number of methoxy groups -OCH3 is 1. The van der Waals surface area contributed by atoms with Gasteiger partial charge in [-0.05, 0) is 18.2 Å². The second kappa shape index (κ2) is 4.70. The van der Waals surface area contributed by atoms with Gasteiger partial charge >= 0.3 is 17.5 Å². The molecule has 0 fully saturated rings. The molecule has 0 bridgehead atoms. The highest BCUT2D eigenvalue weighted by Crippen LogP contribution is 2.21. The third kappa shape index (κ3) is 2.22. The van der Waals surface area contributed by atoms with Gasteiger partial charge in [-0.3, -0.25) is 4.79 Å². The van der Waals surface area contributed by atoms with Gasteiger partial charge in [-0.25, -0.2) is 9.59 Å². The highest BCUT2D eigenvalue weighted by atomic mass is 16.5. The number of rotatable bonds is 1. The summed E-state index contributed by atoms with van der Waals surface area (Å²) in [5.41, 5.74) is 0.204. The molecule has 6 nitrogen and oxygen atoms in total. The Morgan fingerprint density at radius 2 is 2.00 bits per heavy atom. The van der Waals surface area contributed by atoms with E-state index in [0.717, 1.165) is 7.11 Å². The summed E-state index contributed by atoms with van der Waals surface area (Å²) >= 11 is 0. The van der Waals surface area contributed by atoms with Crippen LogP contribution in [0.15, 0.2) is 39.5 Å². The van der Waals surface area contributed by atoms with Gasteiger partial charge in [0, 0.05) is 11.5 Å². The summed E-state index contributed by atoms with van der Waals surface area (Å²) in [6, 6.07) is 7.51. The van der Waals surface area contributed by atoms with Crippen LogP contribution in [0.4, 0.5) is 5.69 Å². The predicted molar refractivity (Wildman–Crippen MR) is 63.1 cm³/mol. The van der Waals surface area contributed by atoms with E-state index in [9.17, 15) is 14.4 Å². The van der Waals surface area contributed by atoms with Gasteiger partial charge in [0.25, 0.3) is 0 Å². The standard InChI is InChI=1S/C12H9NO5/c1-17-12(16)11(15)13-8-3-2-4-9-7(8)5-6-10(14)18-9/h2-6H,1H3,(H,13,15). The van der Waals surface area contributed by atoms with Crippen molar-refractivity contribution in [3.05, 3.63) is 40.8 Å². The molecule has 92 valence electrons. The summed E-state index contributed by atoms with van der Waals surface area (Å²) in [6.45, 7) is 0. The van der Waals surface area contributed by atoms with E-state index < -0.39 is 17.5 Å². The smallest absolute Gasteiger partial charge is 0.396 e. The largest absolute Gasteiger partial charge is 0.462 e. The molecule has 0 saturated heterocycles. The van der Waals surface area contributed by atoms with Crippen molar-refractivity contribution >= 4 is 28.5 Å². The van der Waals surface area contributed by atoms with Crippen molar-refractivity contribution in [3.63, 3.8) is 0 Å². The third-order valence-electron chi connectivity index (χ3n) is 2.28. The maximum atomic E-state index is 11.4. The normalized spacial score (nSPS) is 10.1. The van der Waals surface area contributed by atoms with Crippen LogP contribution >= 0.6 is 0 Å². The number of amides is 1. The molecule has 0 unspecified atom stereocenters. The fraction of sp³-hybridized carbons (Fsp3) is 0.0833. The number of nitrogens with one attached hydrogen (secondary N) is 1. The molecule has 18 heavy (non-hydrogen) atoms. The quantitative estimate of drug-likeness (QED) is 0.459. The molecule has 6 heteroatoms. The fourth-order valence-corrected chi connectivity index (χ4v) is 1.47. The van der Waals surface area contributed by atoms with Crippen LogP contribution in [-0.4, -0.2) is 19.0 Å². The molecule has 1 aromatic heterocycles. The molecule has 0 aliphatic heterocycles. The van der Waals surface area contributed by atoms with E-state index in [1.54, 1.807) is 18.2 Å². The number of fused-ring (bicyclic) bond motifs is 1. The van der Waals surface area contributed by atoms with Gasteiger partial charge in [0.15, 0.2) is 0 Å². The summed E-state index contributed by atoms with van der Waals surface area (Å²) < 4.78 is 9.24. The zero-order valence-electron chi connectivity index (χ0n) is 9.43. The Labute approximate surface area is 101 Å². The van der Waals surface area contributed by atoms with Crippen LogP contribution in [-0.2, 0) is 14.3 Å². The van der Waals surface area contributed by atoms with Crippen molar-refractivity contribution in [1.82, 2.24) is 0 Å². The minimum Gasteiger partial charge on any atom is -0.462 e. The van der Waals surface area contributed by atoms with E-state index in [1.165, 1.54) is 12.1 Å². The van der Waals surface area contributed by atoms with Crippen LogP contribution in [0, 0.1) is 0 Å². The van der Waals surface area contributed by atoms with Crippen LogP contribution < -0.4 is 10.9 Å². The second-order valence-electron chi connectivity index (χ2n) is 3.42. The molecule has 1 N–H and O–H groups in total. The first kappa shape index (κ1) is 11.8. The Morgan fingerprint density at radius 1 is 1.22 bits per heavy atom. The van der Waals surface area contributed by atoms with Crippen LogP contribution in [0.25, 0.3) is 11.0 Å². The maximum Gasteiger partial charge on any atom is 0.396 e. The number of hydrogen-bond acceptors (Lipinski definition) is 5. The Bertz CT molecular complexity index is 673. The van der Waals surface area contributed by atoms with Crippen LogP contribution in [0.3, 0.4) is 0 Å². The van der Waals surface area contributed by atoms with E-state index in [1.807, 2.05) is 0 Å². The average Bonchev–Trinajstić information content (AvgIpc) is 2.37. The predicted octanol–water partition coefficient (Wildman–Crippen LogP) is 0.904. The molecular weight excluding hydrogens is 238 g/mol. The lowest BCUT2D eigenvalue weighted by Crippen LogP contribution is -2.23. The first-order valence-electron chi connectivity index (χ1n) is 5.04. The molecular formula is C12H9NO5. The SMILES string of the molecule is COC(=O)C(=O)Nc1cccc2oc(=O)ccc12. The Kier molecular flexibility index (Phi) is 3.09. The van der Waals surface area contributed by atoms with Gasteiger partial charge in [-0.15, -0.1) is 0 Å².